The van der Waals surface area contributed by atoms with Gasteiger partial charge in [-0.3, -0.25) is 10.3 Å². The molecule has 0 saturated carbocycles. The monoisotopic (exact) mass is 431 g/mol. The molecule has 0 amide bonds. The van der Waals surface area contributed by atoms with E-state index in [-0.39, 0.29) is 5.71 Å². The van der Waals surface area contributed by atoms with Gasteiger partial charge in [-0.1, -0.05) is 30.3 Å². The second-order valence-electron chi connectivity index (χ2n) is 7.78. The summed E-state index contributed by atoms with van der Waals surface area (Å²) in [6.07, 6.45) is 3.24. The Morgan fingerprint density at radius 1 is 1.09 bits per heavy atom. The molecule has 6 nitrogen and oxygen atoms in total. The Hall–Kier alpha value is -3.55. The largest absolute Gasteiger partial charge is 0.398 e. The van der Waals surface area contributed by atoms with Crippen LogP contribution in [0, 0.1) is 11.4 Å². The van der Waals surface area contributed by atoms with Gasteiger partial charge in [0.25, 0.3) is 0 Å². The molecular formula is C25H26FN5O. The third-order valence-electron chi connectivity index (χ3n) is 5.46. The molecule has 0 spiro atoms. The molecule has 7 heteroatoms. The molecule has 0 unspecified atom stereocenters. The van der Waals surface area contributed by atoms with Crippen molar-refractivity contribution in [2.24, 2.45) is 5.73 Å². The van der Waals surface area contributed by atoms with Crippen molar-refractivity contribution in [3.8, 4) is 11.1 Å². The number of ether oxygens (including phenoxy) is 1. The standard InChI is InChI=1S/C25H26FN5O/c26-24-7-5-20(15-30-24)19-4-6-22(27)21(14-19)25(29)23(28)13-17-2-1-3-18(12-17)16-31-8-10-32-11-9-31/h1-7,12-15,29H,8-11,16,27-28H2/b23-13-,29-25?. The van der Waals surface area contributed by atoms with Crippen LogP contribution < -0.4 is 11.5 Å². The van der Waals surface area contributed by atoms with E-state index in [0.29, 0.717) is 16.9 Å². The highest BCUT2D eigenvalue weighted by Gasteiger charge is 2.13. The van der Waals surface area contributed by atoms with Crippen LogP contribution in [-0.4, -0.2) is 41.9 Å². The lowest BCUT2D eigenvalue weighted by Gasteiger charge is -2.26. The number of rotatable bonds is 6. The third kappa shape index (κ3) is 5.19. The number of pyridine rings is 1. The predicted octanol–water partition coefficient (Wildman–Crippen LogP) is 3.67. The molecule has 0 bridgehead atoms. The molecule has 1 saturated heterocycles. The number of halogens is 1. The number of benzene rings is 2. The number of anilines is 1. The fraction of sp³-hybridized carbons (Fsp3) is 0.200. The van der Waals surface area contributed by atoms with Crippen LogP contribution in [0.15, 0.2) is 66.5 Å². The van der Waals surface area contributed by atoms with E-state index in [1.54, 1.807) is 24.3 Å². The second-order valence-corrected chi connectivity index (χ2v) is 7.78. The van der Waals surface area contributed by atoms with Crippen LogP contribution in [0.3, 0.4) is 0 Å². The molecule has 32 heavy (non-hydrogen) atoms. The molecule has 3 aromatic rings. The Morgan fingerprint density at radius 3 is 2.62 bits per heavy atom. The van der Waals surface area contributed by atoms with E-state index in [9.17, 15) is 4.39 Å². The molecule has 164 valence electrons. The summed E-state index contributed by atoms with van der Waals surface area (Å²) < 4.78 is 18.6. The smallest absolute Gasteiger partial charge is 0.212 e. The van der Waals surface area contributed by atoms with Crippen molar-refractivity contribution < 1.29 is 9.13 Å². The zero-order chi connectivity index (χ0) is 22.5. The molecule has 0 aliphatic carbocycles. The third-order valence-corrected chi connectivity index (χ3v) is 5.46. The minimum atomic E-state index is -0.541. The van der Waals surface area contributed by atoms with Gasteiger partial charge < -0.3 is 16.2 Å². The van der Waals surface area contributed by atoms with E-state index in [0.717, 1.165) is 49.5 Å². The highest BCUT2D eigenvalue weighted by molar-refractivity contribution is 6.15. The number of hydrogen-bond acceptors (Lipinski definition) is 6. The lowest BCUT2D eigenvalue weighted by molar-refractivity contribution is 0.0342. The summed E-state index contributed by atoms with van der Waals surface area (Å²) in [5.74, 6) is -0.541. The van der Waals surface area contributed by atoms with Crippen LogP contribution in [-0.2, 0) is 11.3 Å². The molecular weight excluding hydrogens is 405 g/mol. The summed E-state index contributed by atoms with van der Waals surface area (Å²) in [7, 11) is 0. The topological polar surface area (TPSA) is 101 Å². The molecule has 1 fully saturated rings. The van der Waals surface area contributed by atoms with Crippen LogP contribution in [0.4, 0.5) is 10.1 Å². The van der Waals surface area contributed by atoms with E-state index in [1.807, 2.05) is 18.2 Å². The minimum absolute atomic E-state index is 0.137. The van der Waals surface area contributed by atoms with Gasteiger partial charge in [0, 0.05) is 42.6 Å². The van der Waals surface area contributed by atoms with Gasteiger partial charge in [-0.2, -0.15) is 4.39 Å². The van der Waals surface area contributed by atoms with E-state index in [2.05, 4.69) is 22.0 Å². The fourth-order valence-electron chi connectivity index (χ4n) is 3.70. The minimum Gasteiger partial charge on any atom is -0.398 e. The number of hydrogen-bond donors (Lipinski definition) is 3. The molecule has 1 aliphatic rings. The maximum absolute atomic E-state index is 13.1. The van der Waals surface area contributed by atoms with Crippen molar-refractivity contribution in [3.05, 3.63) is 89.1 Å². The van der Waals surface area contributed by atoms with Crippen molar-refractivity contribution in [2.75, 3.05) is 32.0 Å². The maximum atomic E-state index is 13.1. The maximum Gasteiger partial charge on any atom is 0.212 e. The number of nitrogen functional groups attached to an aromatic ring is 1. The fourth-order valence-corrected chi connectivity index (χ4v) is 3.70. The lowest BCUT2D eigenvalue weighted by Crippen LogP contribution is -2.35. The number of nitrogens with zero attached hydrogens (tertiary/aromatic N) is 2. The Balaban J connectivity index is 1.55. The van der Waals surface area contributed by atoms with Gasteiger partial charge in [0.2, 0.25) is 5.95 Å². The van der Waals surface area contributed by atoms with Crippen LogP contribution >= 0.6 is 0 Å². The Morgan fingerprint density at radius 2 is 1.88 bits per heavy atom. The van der Waals surface area contributed by atoms with Crippen LogP contribution in [0.25, 0.3) is 17.2 Å². The van der Waals surface area contributed by atoms with Crippen molar-refractivity contribution in [1.29, 1.82) is 5.41 Å². The summed E-state index contributed by atoms with van der Waals surface area (Å²) in [5.41, 5.74) is 17.5. The van der Waals surface area contributed by atoms with E-state index >= 15 is 0 Å². The molecule has 2 heterocycles. The van der Waals surface area contributed by atoms with E-state index in [1.165, 1.54) is 17.8 Å². The zero-order valence-corrected chi connectivity index (χ0v) is 17.7. The van der Waals surface area contributed by atoms with Crippen molar-refractivity contribution >= 4 is 17.5 Å². The first-order valence-corrected chi connectivity index (χ1v) is 10.5. The number of aromatic nitrogens is 1. The van der Waals surface area contributed by atoms with Crippen LogP contribution in [0.1, 0.15) is 16.7 Å². The molecule has 4 rings (SSSR count). The molecule has 1 aliphatic heterocycles. The summed E-state index contributed by atoms with van der Waals surface area (Å²) in [6, 6.07) is 16.4. The normalized spacial score (nSPS) is 15.0. The molecule has 1 aromatic heterocycles. The van der Waals surface area contributed by atoms with Gasteiger partial charge in [-0.05, 0) is 47.0 Å². The Labute approximate surface area is 186 Å². The summed E-state index contributed by atoms with van der Waals surface area (Å²) in [6.45, 7) is 4.22. The van der Waals surface area contributed by atoms with E-state index in [4.69, 9.17) is 21.6 Å². The average molecular weight is 432 g/mol. The van der Waals surface area contributed by atoms with Gasteiger partial charge >= 0.3 is 0 Å². The zero-order valence-electron chi connectivity index (χ0n) is 17.7. The first-order valence-electron chi connectivity index (χ1n) is 10.5. The highest BCUT2D eigenvalue weighted by Crippen LogP contribution is 2.25. The number of nitrogens with two attached hydrogens (primary N) is 2. The van der Waals surface area contributed by atoms with Gasteiger partial charge in [0.1, 0.15) is 0 Å². The van der Waals surface area contributed by atoms with Crippen molar-refractivity contribution in [1.82, 2.24) is 9.88 Å². The molecule has 2 aromatic carbocycles. The number of allylic oxidation sites excluding steroid dienone is 1. The quantitative estimate of drug-likeness (QED) is 0.314. The lowest BCUT2D eigenvalue weighted by atomic mass is 9.98. The second kappa shape index (κ2) is 9.72. The first kappa shape index (κ1) is 21.7. The first-order chi connectivity index (χ1) is 15.5. The van der Waals surface area contributed by atoms with Crippen molar-refractivity contribution in [3.63, 3.8) is 0 Å². The van der Waals surface area contributed by atoms with Gasteiger partial charge in [-0.15, -0.1) is 0 Å². The summed E-state index contributed by atoms with van der Waals surface area (Å²) in [4.78, 5) is 6.05. The summed E-state index contributed by atoms with van der Waals surface area (Å²) >= 11 is 0. The van der Waals surface area contributed by atoms with Crippen LogP contribution in [0.5, 0.6) is 0 Å². The van der Waals surface area contributed by atoms with Gasteiger partial charge in [-0.25, -0.2) is 4.98 Å². The average Bonchev–Trinajstić information content (AvgIpc) is 2.80. The molecule has 0 radical (unpaired) electrons. The Bertz CT molecular complexity index is 1140. The van der Waals surface area contributed by atoms with E-state index < -0.39 is 5.95 Å². The highest BCUT2D eigenvalue weighted by atomic mass is 19.1. The van der Waals surface area contributed by atoms with Crippen LogP contribution in [0.2, 0.25) is 0 Å². The number of morpholine rings is 1. The number of nitrogens with one attached hydrogen (secondary N) is 1. The summed E-state index contributed by atoms with van der Waals surface area (Å²) in [5, 5.41) is 8.61. The predicted molar refractivity (Wildman–Crippen MR) is 126 cm³/mol. The Kier molecular flexibility index (Phi) is 6.58. The van der Waals surface area contributed by atoms with Crippen molar-refractivity contribution in [2.45, 2.75) is 6.54 Å². The SMILES string of the molecule is N=C(/C(N)=C/c1cccc(CN2CCOCC2)c1)c1cc(-c2ccc(F)nc2)ccc1N. The van der Waals surface area contributed by atoms with Gasteiger partial charge in [0.05, 0.1) is 24.6 Å². The van der Waals surface area contributed by atoms with Gasteiger partial charge in [0.15, 0.2) is 0 Å². The molecule has 5 N–H and O–H groups in total. The molecule has 0 atom stereocenters.